The van der Waals surface area contributed by atoms with Gasteiger partial charge in [-0.15, -0.1) is 0 Å². The summed E-state index contributed by atoms with van der Waals surface area (Å²) in [5.74, 6) is 1.04. The van der Waals surface area contributed by atoms with Crippen LogP contribution < -0.4 is 4.74 Å². The van der Waals surface area contributed by atoms with Crippen molar-refractivity contribution in [3.8, 4) is 39.1 Å². The molecule has 9 aromatic rings. The number of rotatable bonds is 4. The molecule has 2 atom stereocenters. The quantitative estimate of drug-likeness (QED) is 0.187. The van der Waals surface area contributed by atoms with Gasteiger partial charge in [-0.2, -0.15) is 0 Å². The molecule has 0 amide bonds. The van der Waals surface area contributed by atoms with Gasteiger partial charge in [0, 0.05) is 28.3 Å². The van der Waals surface area contributed by atoms with Crippen LogP contribution in [-0.4, -0.2) is 6.10 Å². The smallest absolute Gasteiger partial charge is 0.139 e. The summed E-state index contributed by atoms with van der Waals surface area (Å²) in [5, 5.41) is 7.28. The van der Waals surface area contributed by atoms with Crippen molar-refractivity contribution in [3.63, 3.8) is 0 Å². The monoisotopic (exact) mass is 664 g/mol. The molecule has 0 spiro atoms. The van der Waals surface area contributed by atoms with E-state index in [-0.39, 0.29) is 12.0 Å². The highest BCUT2D eigenvalue weighted by Crippen LogP contribution is 2.47. The van der Waals surface area contributed by atoms with E-state index in [0.29, 0.717) is 0 Å². The van der Waals surface area contributed by atoms with Gasteiger partial charge >= 0.3 is 0 Å². The van der Waals surface area contributed by atoms with Crippen molar-refractivity contribution >= 4 is 49.1 Å². The number of furan rings is 1. The second kappa shape index (κ2) is 11.4. The Morgan fingerprint density at radius 2 is 0.923 bits per heavy atom. The van der Waals surface area contributed by atoms with Crippen molar-refractivity contribution < 1.29 is 9.15 Å². The standard InChI is InChI=1S/C50H32O2/c1-3-7-37-25-39(19-17-31(37)5-1)33-9-13-35(14-10-33)41-21-23-47-43(27-41)45-29-46-44-28-42(22-24-48(44)52-50(46)30-49(45)51-47)36-15-11-34(12-16-36)40-20-18-32-6-2-4-8-38(32)26-40/h1-30,43,47H. The molecule has 2 nitrogen and oxygen atoms in total. The number of hydrogen-bond acceptors (Lipinski definition) is 2. The van der Waals surface area contributed by atoms with Crippen LogP contribution in [-0.2, 0) is 0 Å². The van der Waals surface area contributed by atoms with E-state index in [0.717, 1.165) is 27.7 Å². The molecule has 0 saturated heterocycles. The Balaban J connectivity index is 0.900. The first-order chi connectivity index (χ1) is 25.7. The molecular formula is C50H32O2. The van der Waals surface area contributed by atoms with E-state index in [9.17, 15) is 0 Å². The van der Waals surface area contributed by atoms with E-state index < -0.39 is 0 Å². The average Bonchev–Trinajstić information content (AvgIpc) is 3.76. The second-order valence-corrected chi connectivity index (χ2v) is 14.1. The summed E-state index contributed by atoms with van der Waals surface area (Å²) < 4.78 is 12.9. The van der Waals surface area contributed by atoms with Crippen LogP contribution in [0.3, 0.4) is 0 Å². The van der Waals surface area contributed by atoms with Crippen LogP contribution in [0.15, 0.2) is 186 Å². The highest BCUT2D eigenvalue weighted by Gasteiger charge is 2.34. The Morgan fingerprint density at radius 3 is 1.56 bits per heavy atom. The fourth-order valence-corrected chi connectivity index (χ4v) is 8.19. The Kier molecular flexibility index (Phi) is 6.41. The molecule has 2 heteroatoms. The van der Waals surface area contributed by atoms with E-state index in [1.54, 1.807) is 0 Å². The van der Waals surface area contributed by atoms with Crippen LogP contribution in [0.1, 0.15) is 17.0 Å². The molecule has 1 aliphatic heterocycles. The molecule has 2 unspecified atom stereocenters. The first kappa shape index (κ1) is 29.1. The average molecular weight is 665 g/mol. The molecule has 0 fully saturated rings. The number of fused-ring (bicyclic) bond motifs is 8. The van der Waals surface area contributed by atoms with E-state index in [2.05, 4.69) is 182 Å². The molecule has 8 aromatic carbocycles. The maximum atomic E-state index is 6.48. The van der Waals surface area contributed by atoms with Crippen LogP contribution in [0.5, 0.6) is 5.75 Å². The molecule has 0 bridgehead atoms. The predicted octanol–water partition coefficient (Wildman–Crippen LogP) is 13.4. The van der Waals surface area contributed by atoms with Gasteiger partial charge in [-0.3, -0.25) is 0 Å². The molecule has 2 heterocycles. The van der Waals surface area contributed by atoms with Crippen molar-refractivity contribution in [2.75, 3.05) is 0 Å². The third-order valence-corrected chi connectivity index (χ3v) is 11.0. The summed E-state index contributed by atoms with van der Waals surface area (Å²) in [6.07, 6.45) is 6.76. The van der Waals surface area contributed by atoms with Crippen molar-refractivity contribution in [2.24, 2.45) is 0 Å². The lowest BCUT2D eigenvalue weighted by Crippen LogP contribution is -2.16. The van der Waals surface area contributed by atoms with Crippen molar-refractivity contribution in [1.29, 1.82) is 0 Å². The predicted molar refractivity (Wildman–Crippen MR) is 216 cm³/mol. The normalized spacial score (nSPS) is 16.3. The zero-order chi connectivity index (χ0) is 34.2. The Labute approximate surface area is 301 Å². The van der Waals surface area contributed by atoms with Crippen molar-refractivity contribution in [1.82, 2.24) is 0 Å². The summed E-state index contributed by atoms with van der Waals surface area (Å²) >= 11 is 0. The van der Waals surface area contributed by atoms with E-state index >= 15 is 0 Å². The van der Waals surface area contributed by atoms with E-state index in [4.69, 9.17) is 9.15 Å². The van der Waals surface area contributed by atoms with E-state index in [1.165, 1.54) is 71.6 Å². The van der Waals surface area contributed by atoms with Crippen LogP contribution >= 0.6 is 0 Å². The molecular weight excluding hydrogens is 633 g/mol. The van der Waals surface area contributed by atoms with Crippen LogP contribution in [0.4, 0.5) is 0 Å². The zero-order valence-electron chi connectivity index (χ0n) is 28.3. The minimum atomic E-state index is -0.0231. The van der Waals surface area contributed by atoms with Gasteiger partial charge in [0.15, 0.2) is 0 Å². The lowest BCUT2D eigenvalue weighted by molar-refractivity contribution is 0.269. The summed E-state index contributed by atoms with van der Waals surface area (Å²) in [6, 6.07) is 59.1. The summed E-state index contributed by atoms with van der Waals surface area (Å²) in [7, 11) is 0. The van der Waals surface area contributed by atoms with Gasteiger partial charge in [0.25, 0.3) is 0 Å². The SMILES string of the molecule is C1=CC2Oc3cc4oc5ccc(-c6ccc(-c7ccc8ccccc8c7)cc6)cc5c4cc3C2C=C1c1ccc(-c2ccc3ccccc3c2)cc1. The number of hydrogen-bond donors (Lipinski definition) is 0. The topological polar surface area (TPSA) is 22.4 Å². The largest absolute Gasteiger partial charge is 0.485 e. The number of allylic oxidation sites excluding steroid dienone is 2. The van der Waals surface area contributed by atoms with Gasteiger partial charge in [0.05, 0.1) is 0 Å². The van der Waals surface area contributed by atoms with Crippen LogP contribution in [0.2, 0.25) is 0 Å². The minimum Gasteiger partial charge on any atom is -0.485 e. The first-order valence-corrected chi connectivity index (χ1v) is 18.0. The van der Waals surface area contributed by atoms with Crippen molar-refractivity contribution in [2.45, 2.75) is 12.0 Å². The van der Waals surface area contributed by atoms with Gasteiger partial charge in [0.2, 0.25) is 0 Å². The van der Waals surface area contributed by atoms with Crippen molar-refractivity contribution in [3.05, 3.63) is 193 Å². The van der Waals surface area contributed by atoms with Crippen LogP contribution in [0, 0.1) is 0 Å². The summed E-state index contributed by atoms with van der Waals surface area (Å²) in [6.45, 7) is 0. The summed E-state index contributed by atoms with van der Waals surface area (Å²) in [4.78, 5) is 0. The molecule has 1 aromatic heterocycles. The molecule has 52 heavy (non-hydrogen) atoms. The maximum absolute atomic E-state index is 6.48. The number of benzene rings is 8. The van der Waals surface area contributed by atoms with Gasteiger partial charge in [-0.05, 0) is 102 Å². The van der Waals surface area contributed by atoms with Gasteiger partial charge < -0.3 is 9.15 Å². The van der Waals surface area contributed by atoms with Gasteiger partial charge in [0.1, 0.15) is 23.0 Å². The fourth-order valence-electron chi connectivity index (χ4n) is 8.19. The Bertz CT molecular complexity index is 2920. The molecule has 244 valence electrons. The molecule has 1 aliphatic carbocycles. The minimum absolute atomic E-state index is 0.0231. The first-order valence-electron chi connectivity index (χ1n) is 18.0. The lowest BCUT2D eigenvalue weighted by Gasteiger charge is -2.19. The second-order valence-electron chi connectivity index (χ2n) is 14.1. The molecule has 0 saturated carbocycles. The highest BCUT2D eigenvalue weighted by atomic mass is 16.5. The number of ether oxygens (including phenoxy) is 1. The molecule has 2 aliphatic rings. The van der Waals surface area contributed by atoms with Gasteiger partial charge in [-0.1, -0.05) is 140 Å². The molecule has 0 radical (unpaired) electrons. The van der Waals surface area contributed by atoms with E-state index in [1.807, 2.05) is 0 Å². The molecule has 0 N–H and O–H groups in total. The molecule has 11 rings (SSSR count). The Morgan fingerprint density at radius 1 is 0.404 bits per heavy atom. The van der Waals surface area contributed by atoms with Crippen LogP contribution in [0.25, 0.3) is 82.4 Å². The Hall–Kier alpha value is -6.64. The lowest BCUT2D eigenvalue weighted by atomic mass is 9.86. The zero-order valence-corrected chi connectivity index (χ0v) is 28.3. The fraction of sp³-hybridized carbons (Fsp3) is 0.0400. The third-order valence-electron chi connectivity index (χ3n) is 11.0. The van der Waals surface area contributed by atoms with Gasteiger partial charge in [-0.25, -0.2) is 0 Å². The third kappa shape index (κ3) is 4.80. The summed E-state index contributed by atoms with van der Waals surface area (Å²) in [5.41, 5.74) is 12.6. The highest BCUT2D eigenvalue weighted by molar-refractivity contribution is 6.07. The maximum Gasteiger partial charge on any atom is 0.139 e.